The van der Waals surface area contributed by atoms with Crippen molar-refractivity contribution in [2.24, 2.45) is 0 Å². The van der Waals surface area contributed by atoms with Crippen molar-refractivity contribution in [3.05, 3.63) is 0 Å². The Morgan fingerprint density at radius 3 is 0.647 bits per heavy atom. The molecule has 0 unspecified atom stereocenters. The van der Waals surface area contributed by atoms with Crippen molar-refractivity contribution in [3.63, 3.8) is 0 Å². The van der Waals surface area contributed by atoms with E-state index >= 15 is 0 Å². The summed E-state index contributed by atoms with van der Waals surface area (Å²) in [4.78, 5) is 0. The molecule has 0 saturated heterocycles. The van der Waals surface area contributed by atoms with Crippen LogP contribution in [0.5, 0.6) is 0 Å². The molecule has 4 heteroatoms. The predicted octanol–water partition coefficient (Wildman–Crippen LogP) is 3.24. The zero-order valence-electron chi connectivity index (χ0n) is 25.2. The maximum absolute atomic E-state index is 2.29. The number of quaternary nitrogens is 2. The third kappa shape index (κ3) is 45.9. The molecule has 2 nitrogen and oxygen atoms in total. The number of nitrogens with zero attached hydrogens (tertiary/aromatic N) is 2. The van der Waals surface area contributed by atoms with Gasteiger partial charge in [0, 0.05) is 0 Å². The molecule has 0 bridgehead atoms. The van der Waals surface area contributed by atoms with Crippen LogP contribution in [0.15, 0.2) is 0 Å². The molecule has 0 radical (unpaired) electrons. The fourth-order valence-corrected chi connectivity index (χ4v) is 4.15. The fraction of sp³-hybridized carbons (Fsp3) is 1.00. The SMILES string of the molecule is CCCCCCCCCCCC[N+](C)(C)C.CCCCCCCCCCCC[N+](C)(C)C.[Cl-].[Cl-]. The number of rotatable bonds is 22. The van der Waals surface area contributed by atoms with E-state index in [4.69, 9.17) is 0 Å². The smallest absolute Gasteiger partial charge is 0.0780 e. The molecule has 0 aromatic rings. The normalized spacial score (nSPS) is 11.3. The van der Waals surface area contributed by atoms with Crippen LogP contribution in [0, 0.1) is 0 Å². The molecule has 0 atom stereocenters. The first-order valence-electron chi connectivity index (χ1n) is 14.7. The van der Waals surface area contributed by atoms with Crippen molar-refractivity contribution in [2.45, 2.75) is 142 Å². The molecule has 0 aliphatic carbocycles. The zero-order chi connectivity index (χ0) is 24.6. The molecule has 0 aliphatic rings. The van der Waals surface area contributed by atoms with Gasteiger partial charge < -0.3 is 33.8 Å². The highest BCUT2D eigenvalue weighted by atomic mass is 35.5. The number of hydrogen-bond acceptors (Lipinski definition) is 0. The average Bonchev–Trinajstić information content (AvgIpc) is 2.70. The Kier molecular flexibility index (Phi) is 36.4. The van der Waals surface area contributed by atoms with Crippen LogP contribution < -0.4 is 24.8 Å². The minimum Gasteiger partial charge on any atom is -1.00 e. The van der Waals surface area contributed by atoms with Gasteiger partial charge in [0.05, 0.1) is 55.4 Å². The quantitative estimate of drug-likeness (QED) is 0.150. The van der Waals surface area contributed by atoms with Crippen molar-refractivity contribution in [2.75, 3.05) is 55.4 Å². The van der Waals surface area contributed by atoms with Crippen molar-refractivity contribution < 1.29 is 33.8 Å². The summed E-state index contributed by atoms with van der Waals surface area (Å²) in [5, 5.41) is 0. The van der Waals surface area contributed by atoms with Crippen molar-refractivity contribution in [3.8, 4) is 0 Å². The minimum atomic E-state index is 0. The third-order valence-electron chi connectivity index (χ3n) is 6.36. The first kappa shape index (κ1) is 41.6. The van der Waals surface area contributed by atoms with E-state index in [2.05, 4.69) is 56.1 Å². The molecular weight excluding hydrogens is 459 g/mol. The van der Waals surface area contributed by atoms with Crippen LogP contribution in [-0.4, -0.2) is 64.3 Å². The van der Waals surface area contributed by atoms with Gasteiger partial charge in [0.1, 0.15) is 0 Å². The molecule has 0 rings (SSSR count). The second-order valence-electron chi connectivity index (χ2n) is 12.4. The average molecular weight is 528 g/mol. The van der Waals surface area contributed by atoms with Gasteiger partial charge in [-0.3, -0.25) is 0 Å². The van der Waals surface area contributed by atoms with Crippen molar-refractivity contribution in [1.82, 2.24) is 0 Å². The molecule has 0 saturated carbocycles. The minimum absolute atomic E-state index is 0. The summed E-state index contributed by atoms with van der Waals surface area (Å²) in [7, 11) is 13.7. The first-order valence-corrected chi connectivity index (χ1v) is 14.7. The summed E-state index contributed by atoms with van der Waals surface area (Å²) in [5.41, 5.74) is 0. The van der Waals surface area contributed by atoms with Crippen LogP contribution in [-0.2, 0) is 0 Å². The van der Waals surface area contributed by atoms with E-state index in [1.54, 1.807) is 0 Å². The van der Waals surface area contributed by atoms with Crippen molar-refractivity contribution >= 4 is 0 Å². The van der Waals surface area contributed by atoms with Crippen molar-refractivity contribution in [1.29, 1.82) is 0 Å². The highest BCUT2D eigenvalue weighted by molar-refractivity contribution is 4.48. The molecule has 0 aromatic heterocycles. The summed E-state index contributed by atoms with van der Waals surface area (Å²) in [5.74, 6) is 0. The number of halogens is 2. The standard InChI is InChI=1S/2C15H34N.2ClH/c2*1-5-6-7-8-9-10-11-12-13-14-15-16(2,3)4;;/h2*5-15H2,1-4H3;2*1H/q2*+1;;/p-2. The largest absolute Gasteiger partial charge is 1.00 e. The second kappa shape index (κ2) is 29.7. The van der Waals surface area contributed by atoms with Crippen LogP contribution >= 0.6 is 0 Å². The highest BCUT2D eigenvalue weighted by Crippen LogP contribution is 2.12. The Morgan fingerprint density at radius 2 is 0.471 bits per heavy atom. The first-order chi connectivity index (χ1) is 15.1. The van der Waals surface area contributed by atoms with E-state index in [-0.39, 0.29) is 24.8 Å². The van der Waals surface area contributed by atoms with Gasteiger partial charge >= 0.3 is 0 Å². The zero-order valence-corrected chi connectivity index (χ0v) is 26.7. The monoisotopic (exact) mass is 526 g/mol. The Labute approximate surface area is 231 Å². The summed E-state index contributed by atoms with van der Waals surface area (Å²) in [6.45, 7) is 7.23. The van der Waals surface area contributed by atoms with E-state index < -0.39 is 0 Å². The van der Waals surface area contributed by atoms with Gasteiger partial charge in [0.2, 0.25) is 0 Å². The number of unbranched alkanes of at least 4 members (excludes halogenated alkanes) is 18. The topological polar surface area (TPSA) is 0 Å². The number of hydrogen-bond donors (Lipinski definition) is 0. The van der Waals surface area contributed by atoms with Crippen LogP contribution in [0.4, 0.5) is 0 Å². The molecule has 0 amide bonds. The molecule has 0 heterocycles. The maximum atomic E-state index is 2.29. The van der Waals surface area contributed by atoms with Gasteiger partial charge in [-0.15, -0.1) is 0 Å². The van der Waals surface area contributed by atoms with Crippen LogP contribution in [0.3, 0.4) is 0 Å². The Bertz CT molecular complexity index is 315. The third-order valence-corrected chi connectivity index (χ3v) is 6.36. The van der Waals surface area contributed by atoms with E-state index in [0.29, 0.717) is 0 Å². The Balaban J connectivity index is -0.000000250. The van der Waals surface area contributed by atoms with Crippen LogP contribution in [0.2, 0.25) is 0 Å². The van der Waals surface area contributed by atoms with Gasteiger partial charge in [-0.25, -0.2) is 0 Å². The van der Waals surface area contributed by atoms with E-state index in [0.717, 1.165) is 8.97 Å². The van der Waals surface area contributed by atoms with E-state index in [9.17, 15) is 0 Å². The molecule has 0 aromatic carbocycles. The molecule has 212 valence electrons. The van der Waals surface area contributed by atoms with Gasteiger partial charge in [-0.2, -0.15) is 0 Å². The summed E-state index contributed by atoms with van der Waals surface area (Å²) in [6.07, 6.45) is 28.8. The predicted molar refractivity (Wildman–Crippen MR) is 149 cm³/mol. The van der Waals surface area contributed by atoms with Crippen LogP contribution in [0.1, 0.15) is 142 Å². The molecule has 0 aliphatic heterocycles. The second-order valence-corrected chi connectivity index (χ2v) is 12.4. The maximum Gasteiger partial charge on any atom is 0.0780 e. The molecule has 34 heavy (non-hydrogen) atoms. The van der Waals surface area contributed by atoms with Gasteiger partial charge in [-0.05, 0) is 25.7 Å². The van der Waals surface area contributed by atoms with Crippen LogP contribution in [0.25, 0.3) is 0 Å². The summed E-state index contributed by atoms with van der Waals surface area (Å²) < 4.78 is 2.24. The summed E-state index contributed by atoms with van der Waals surface area (Å²) in [6, 6.07) is 0. The fourth-order valence-electron chi connectivity index (χ4n) is 4.15. The van der Waals surface area contributed by atoms with E-state index in [1.807, 2.05) is 0 Å². The Hall–Kier alpha value is 0.500. The lowest BCUT2D eigenvalue weighted by atomic mass is 10.1. The summed E-state index contributed by atoms with van der Waals surface area (Å²) >= 11 is 0. The molecule has 0 spiro atoms. The lowest BCUT2D eigenvalue weighted by Crippen LogP contribution is -3.00. The van der Waals surface area contributed by atoms with Gasteiger partial charge in [0.15, 0.2) is 0 Å². The van der Waals surface area contributed by atoms with Gasteiger partial charge in [-0.1, -0.05) is 117 Å². The molecule has 0 N–H and O–H groups in total. The lowest BCUT2D eigenvalue weighted by Gasteiger charge is -2.23. The molecule has 0 fully saturated rings. The highest BCUT2D eigenvalue weighted by Gasteiger charge is 2.05. The van der Waals surface area contributed by atoms with Gasteiger partial charge in [0.25, 0.3) is 0 Å². The lowest BCUT2D eigenvalue weighted by molar-refractivity contribution is -0.870. The van der Waals surface area contributed by atoms with E-state index in [1.165, 1.54) is 142 Å². The Morgan fingerprint density at radius 1 is 0.294 bits per heavy atom. The molecular formula is C30H68Cl2N2.